The fraction of sp³-hybridized carbons (Fsp3) is 0.231. The largest absolute Gasteiger partial charge is 0.417 e. The van der Waals surface area contributed by atoms with Gasteiger partial charge in [0, 0.05) is 10.9 Å². The number of benzene rings is 1. The molecule has 0 atom stereocenters. The first kappa shape index (κ1) is 13.5. The number of nitrogens with zero attached hydrogens (tertiary/aromatic N) is 1. The zero-order valence-corrected chi connectivity index (χ0v) is 12.9. The Bertz CT molecular complexity index is 1010. The van der Waals surface area contributed by atoms with Crippen LogP contribution in [0.15, 0.2) is 32.3 Å². The summed E-state index contributed by atoms with van der Waals surface area (Å²) in [6.07, 6.45) is 2.92. The molecule has 0 aliphatic heterocycles. The molecule has 0 amide bonds. The molecule has 0 bridgehead atoms. The summed E-state index contributed by atoms with van der Waals surface area (Å²) in [6.45, 7) is 0. The second-order valence-corrected chi connectivity index (χ2v) is 7.79. The van der Waals surface area contributed by atoms with E-state index in [1.807, 2.05) is 0 Å². The van der Waals surface area contributed by atoms with Gasteiger partial charge in [0.25, 0.3) is 10.0 Å². The fourth-order valence-corrected chi connectivity index (χ4v) is 4.80. The molecule has 2 heterocycles. The third-order valence-electron chi connectivity index (χ3n) is 3.52. The Morgan fingerprint density at radius 1 is 1.32 bits per heavy atom. The molecule has 22 heavy (non-hydrogen) atoms. The minimum atomic E-state index is -3.76. The highest BCUT2D eigenvalue weighted by Gasteiger charge is 2.21. The van der Waals surface area contributed by atoms with E-state index in [1.165, 1.54) is 29.5 Å². The topological polar surface area (TPSA) is 105 Å². The first-order valence-electron chi connectivity index (χ1n) is 6.65. The van der Waals surface area contributed by atoms with E-state index in [1.54, 1.807) is 0 Å². The Labute approximate surface area is 129 Å². The second-order valence-electron chi connectivity index (χ2n) is 5.02. The molecule has 7 nitrogen and oxygen atoms in total. The number of sulfonamides is 1. The number of aromatic nitrogens is 2. The zero-order valence-electron chi connectivity index (χ0n) is 11.3. The van der Waals surface area contributed by atoms with Crippen LogP contribution >= 0.6 is 11.3 Å². The van der Waals surface area contributed by atoms with Crippen molar-refractivity contribution in [3.8, 4) is 0 Å². The number of rotatable bonds is 3. The SMILES string of the molecule is O=c1[nH]c2ccc(S(=O)(=O)Nc3nc4c(s3)CCC4)cc2o1. The van der Waals surface area contributed by atoms with Gasteiger partial charge in [-0.1, -0.05) is 0 Å². The summed E-state index contributed by atoms with van der Waals surface area (Å²) >= 11 is 1.37. The van der Waals surface area contributed by atoms with Crippen LogP contribution in [0.3, 0.4) is 0 Å². The summed E-state index contributed by atoms with van der Waals surface area (Å²) in [7, 11) is -3.76. The van der Waals surface area contributed by atoms with Crippen molar-refractivity contribution in [1.82, 2.24) is 9.97 Å². The number of aromatic amines is 1. The molecule has 2 aromatic heterocycles. The Balaban J connectivity index is 1.69. The molecule has 0 unspecified atom stereocenters. The molecule has 0 radical (unpaired) electrons. The van der Waals surface area contributed by atoms with Crippen molar-refractivity contribution < 1.29 is 12.8 Å². The normalized spacial score (nSPS) is 14.4. The van der Waals surface area contributed by atoms with Crippen molar-refractivity contribution in [2.24, 2.45) is 0 Å². The molecule has 114 valence electrons. The van der Waals surface area contributed by atoms with Crippen molar-refractivity contribution in [2.45, 2.75) is 24.2 Å². The van der Waals surface area contributed by atoms with E-state index in [0.717, 1.165) is 29.8 Å². The summed E-state index contributed by atoms with van der Waals surface area (Å²) in [5, 5.41) is 0.375. The Kier molecular flexibility index (Phi) is 2.88. The minimum Gasteiger partial charge on any atom is -0.408 e. The lowest BCUT2D eigenvalue weighted by Crippen LogP contribution is -2.12. The van der Waals surface area contributed by atoms with Crippen molar-refractivity contribution >= 4 is 37.6 Å². The van der Waals surface area contributed by atoms with Crippen LogP contribution in [0.5, 0.6) is 0 Å². The Morgan fingerprint density at radius 2 is 2.18 bits per heavy atom. The molecule has 3 aromatic rings. The first-order chi connectivity index (χ1) is 10.5. The summed E-state index contributed by atoms with van der Waals surface area (Å²) in [5.41, 5.74) is 1.64. The van der Waals surface area contributed by atoms with Crippen LogP contribution in [0.1, 0.15) is 17.0 Å². The number of nitrogens with one attached hydrogen (secondary N) is 2. The third kappa shape index (κ3) is 2.22. The van der Waals surface area contributed by atoms with Gasteiger partial charge in [-0.2, -0.15) is 0 Å². The minimum absolute atomic E-state index is 0.0260. The molecule has 2 N–H and O–H groups in total. The number of hydrogen-bond acceptors (Lipinski definition) is 6. The van der Waals surface area contributed by atoms with Crippen LogP contribution < -0.4 is 10.5 Å². The summed E-state index contributed by atoms with van der Waals surface area (Å²) in [6, 6.07) is 4.23. The molecule has 4 rings (SSSR count). The molecule has 9 heteroatoms. The van der Waals surface area contributed by atoms with Gasteiger partial charge < -0.3 is 4.42 Å². The van der Waals surface area contributed by atoms with Gasteiger partial charge in [0.1, 0.15) is 0 Å². The maximum absolute atomic E-state index is 12.4. The van der Waals surface area contributed by atoms with Crippen LogP contribution in [0, 0.1) is 0 Å². The number of H-pyrrole nitrogens is 1. The van der Waals surface area contributed by atoms with Crippen molar-refractivity contribution in [3.05, 3.63) is 39.3 Å². The number of oxazole rings is 1. The number of thiazole rings is 1. The number of anilines is 1. The quantitative estimate of drug-likeness (QED) is 0.759. The van der Waals surface area contributed by atoms with Crippen LogP contribution in [-0.4, -0.2) is 18.4 Å². The van der Waals surface area contributed by atoms with E-state index in [-0.39, 0.29) is 10.5 Å². The zero-order chi connectivity index (χ0) is 15.3. The average Bonchev–Trinajstić information content (AvgIpc) is 3.09. The van der Waals surface area contributed by atoms with Crippen LogP contribution in [0.25, 0.3) is 11.1 Å². The van der Waals surface area contributed by atoms with Gasteiger partial charge in [0.05, 0.1) is 16.1 Å². The van der Waals surface area contributed by atoms with Gasteiger partial charge in [-0.3, -0.25) is 9.71 Å². The van der Waals surface area contributed by atoms with E-state index in [0.29, 0.717) is 10.6 Å². The lowest BCUT2D eigenvalue weighted by atomic mass is 10.3. The van der Waals surface area contributed by atoms with Crippen molar-refractivity contribution in [1.29, 1.82) is 0 Å². The van der Waals surface area contributed by atoms with E-state index in [2.05, 4.69) is 14.7 Å². The molecular formula is C13H11N3O4S2. The molecular weight excluding hydrogens is 326 g/mol. The van der Waals surface area contributed by atoms with Crippen LogP contribution in [-0.2, 0) is 22.9 Å². The van der Waals surface area contributed by atoms with Gasteiger partial charge in [0.2, 0.25) is 0 Å². The Morgan fingerprint density at radius 3 is 3.00 bits per heavy atom. The summed E-state index contributed by atoms with van der Waals surface area (Å²) in [4.78, 5) is 19.1. The Hall–Kier alpha value is -2.13. The van der Waals surface area contributed by atoms with E-state index < -0.39 is 15.8 Å². The average molecular weight is 337 g/mol. The first-order valence-corrected chi connectivity index (χ1v) is 8.95. The highest BCUT2D eigenvalue weighted by atomic mass is 32.2. The van der Waals surface area contributed by atoms with Gasteiger partial charge in [0.15, 0.2) is 10.7 Å². The standard InChI is InChI=1S/C13H11N3O4S2/c17-13-15-8-5-4-7(6-10(8)20-13)22(18,19)16-12-14-9-2-1-3-11(9)21-12/h4-6H,1-3H2,(H,14,16)(H,15,17). The van der Waals surface area contributed by atoms with Gasteiger partial charge >= 0.3 is 5.76 Å². The van der Waals surface area contributed by atoms with Gasteiger partial charge in [-0.25, -0.2) is 18.2 Å². The van der Waals surface area contributed by atoms with E-state index >= 15 is 0 Å². The van der Waals surface area contributed by atoms with Crippen LogP contribution in [0.4, 0.5) is 5.13 Å². The molecule has 1 aliphatic carbocycles. The monoisotopic (exact) mass is 337 g/mol. The molecule has 0 fully saturated rings. The second kappa shape index (κ2) is 4.68. The molecule has 1 aliphatic rings. The molecule has 0 saturated heterocycles. The van der Waals surface area contributed by atoms with Crippen LogP contribution in [0.2, 0.25) is 0 Å². The van der Waals surface area contributed by atoms with Gasteiger partial charge in [-0.15, -0.1) is 11.3 Å². The number of fused-ring (bicyclic) bond motifs is 2. The molecule has 0 saturated carbocycles. The lowest BCUT2D eigenvalue weighted by Gasteiger charge is -2.04. The summed E-state index contributed by atoms with van der Waals surface area (Å²) in [5.74, 6) is -0.617. The smallest absolute Gasteiger partial charge is 0.408 e. The van der Waals surface area contributed by atoms with Crippen molar-refractivity contribution in [3.63, 3.8) is 0 Å². The highest BCUT2D eigenvalue weighted by molar-refractivity contribution is 7.93. The number of aryl methyl sites for hydroxylation is 2. The lowest BCUT2D eigenvalue weighted by molar-refractivity contribution is 0.554. The molecule has 0 spiro atoms. The maximum atomic E-state index is 12.4. The summed E-state index contributed by atoms with van der Waals surface area (Å²) < 4.78 is 32.2. The maximum Gasteiger partial charge on any atom is 0.417 e. The fourth-order valence-electron chi connectivity index (χ4n) is 2.50. The predicted octanol–water partition coefficient (Wildman–Crippen LogP) is 1.87. The predicted molar refractivity (Wildman–Crippen MR) is 81.8 cm³/mol. The number of hydrogen-bond donors (Lipinski definition) is 2. The third-order valence-corrected chi connectivity index (χ3v) is 6.06. The highest BCUT2D eigenvalue weighted by Crippen LogP contribution is 2.31. The van der Waals surface area contributed by atoms with Crippen molar-refractivity contribution in [2.75, 3.05) is 4.72 Å². The van der Waals surface area contributed by atoms with Gasteiger partial charge in [-0.05, 0) is 31.4 Å². The van der Waals surface area contributed by atoms with E-state index in [4.69, 9.17) is 4.42 Å². The molecule has 1 aromatic carbocycles. The van der Waals surface area contributed by atoms with E-state index in [9.17, 15) is 13.2 Å².